The SMILES string of the molecule is COc1ccc(CN(C)CC(O)COC2CCCc3ccccc32)cc1. The van der Waals surface area contributed by atoms with Crippen LogP contribution in [0.1, 0.15) is 35.6 Å². The molecule has 26 heavy (non-hydrogen) atoms. The van der Waals surface area contributed by atoms with Crippen molar-refractivity contribution in [3.63, 3.8) is 0 Å². The molecule has 4 heteroatoms. The zero-order valence-corrected chi connectivity index (χ0v) is 15.7. The lowest BCUT2D eigenvalue weighted by Gasteiger charge is -2.27. The van der Waals surface area contributed by atoms with Crippen LogP contribution in [0.4, 0.5) is 0 Å². The van der Waals surface area contributed by atoms with Gasteiger partial charge in [-0.1, -0.05) is 36.4 Å². The minimum Gasteiger partial charge on any atom is -0.497 e. The fraction of sp³-hybridized carbons (Fsp3) is 0.455. The normalized spacial score (nSPS) is 17.8. The third-order valence-electron chi connectivity index (χ3n) is 4.94. The average Bonchev–Trinajstić information content (AvgIpc) is 2.67. The van der Waals surface area contributed by atoms with Gasteiger partial charge in [-0.3, -0.25) is 4.90 Å². The number of aliphatic hydroxyl groups excluding tert-OH is 1. The average molecular weight is 355 g/mol. The summed E-state index contributed by atoms with van der Waals surface area (Å²) in [5.41, 5.74) is 3.87. The van der Waals surface area contributed by atoms with Crippen LogP contribution in [0.15, 0.2) is 48.5 Å². The number of hydrogen-bond acceptors (Lipinski definition) is 4. The van der Waals surface area contributed by atoms with E-state index in [1.165, 1.54) is 16.7 Å². The number of aliphatic hydroxyl groups is 1. The number of aryl methyl sites for hydroxylation is 1. The number of likely N-dealkylation sites (N-methyl/N-ethyl adjacent to an activating group) is 1. The van der Waals surface area contributed by atoms with E-state index in [9.17, 15) is 5.11 Å². The molecule has 0 radical (unpaired) electrons. The van der Waals surface area contributed by atoms with E-state index in [0.29, 0.717) is 13.2 Å². The van der Waals surface area contributed by atoms with Crippen molar-refractivity contribution < 1.29 is 14.6 Å². The zero-order valence-electron chi connectivity index (χ0n) is 15.7. The van der Waals surface area contributed by atoms with Crippen molar-refractivity contribution in [2.75, 3.05) is 27.3 Å². The Kier molecular flexibility index (Phi) is 6.67. The molecular formula is C22H29NO3. The van der Waals surface area contributed by atoms with Crippen molar-refractivity contribution >= 4 is 0 Å². The van der Waals surface area contributed by atoms with Gasteiger partial charge in [-0.15, -0.1) is 0 Å². The van der Waals surface area contributed by atoms with Crippen LogP contribution in [0, 0.1) is 0 Å². The Morgan fingerprint density at radius 2 is 1.92 bits per heavy atom. The van der Waals surface area contributed by atoms with Gasteiger partial charge >= 0.3 is 0 Å². The van der Waals surface area contributed by atoms with Crippen LogP contribution in [-0.4, -0.2) is 43.4 Å². The highest BCUT2D eigenvalue weighted by Gasteiger charge is 2.21. The zero-order chi connectivity index (χ0) is 18.4. The minimum absolute atomic E-state index is 0.112. The Bertz CT molecular complexity index is 686. The molecule has 0 aliphatic heterocycles. The molecule has 140 valence electrons. The first-order valence-electron chi connectivity index (χ1n) is 9.34. The monoisotopic (exact) mass is 355 g/mol. The van der Waals surface area contributed by atoms with Gasteiger partial charge in [0.05, 0.1) is 25.9 Å². The van der Waals surface area contributed by atoms with Crippen LogP contribution >= 0.6 is 0 Å². The summed E-state index contributed by atoms with van der Waals surface area (Å²) in [5, 5.41) is 10.4. The van der Waals surface area contributed by atoms with Gasteiger partial charge in [-0.2, -0.15) is 0 Å². The molecule has 2 aromatic rings. The predicted molar refractivity (Wildman–Crippen MR) is 103 cm³/mol. The number of hydrogen-bond donors (Lipinski definition) is 1. The molecule has 0 aromatic heterocycles. The molecule has 2 aromatic carbocycles. The lowest BCUT2D eigenvalue weighted by Crippen LogP contribution is -2.32. The fourth-order valence-corrected chi connectivity index (χ4v) is 3.63. The van der Waals surface area contributed by atoms with Gasteiger partial charge in [0.2, 0.25) is 0 Å². The molecule has 1 N–H and O–H groups in total. The molecule has 1 aliphatic carbocycles. The van der Waals surface area contributed by atoms with E-state index in [2.05, 4.69) is 41.3 Å². The van der Waals surface area contributed by atoms with Gasteiger partial charge in [0.15, 0.2) is 0 Å². The summed E-state index contributed by atoms with van der Waals surface area (Å²) >= 11 is 0. The summed E-state index contributed by atoms with van der Waals surface area (Å²) in [6.45, 7) is 1.74. The molecule has 2 unspecified atom stereocenters. The first kappa shape index (κ1) is 18.9. The van der Waals surface area contributed by atoms with Crippen LogP contribution in [0.5, 0.6) is 5.75 Å². The second kappa shape index (κ2) is 9.17. The molecule has 1 aliphatic rings. The van der Waals surface area contributed by atoms with E-state index in [1.54, 1.807) is 7.11 Å². The van der Waals surface area contributed by atoms with Crippen molar-refractivity contribution in [2.24, 2.45) is 0 Å². The predicted octanol–water partition coefficient (Wildman–Crippen LogP) is 3.58. The Balaban J connectivity index is 1.46. The van der Waals surface area contributed by atoms with Gasteiger partial charge in [0, 0.05) is 13.1 Å². The van der Waals surface area contributed by atoms with Gasteiger partial charge in [0.25, 0.3) is 0 Å². The van der Waals surface area contributed by atoms with Crippen molar-refractivity contribution in [1.82, 2.24) is 4.90 Å². The maximum Gasteiger partial charge on any atom is 0.118 e. The van der Waals surface area contributed by atoms with Crippen molar-refractivity contribution in [3.8, 4) is 5.75 Å². The Morgan fingerprint density at radius 1 is 1.15 bits per heavy atom. The molecule has 0 amide bonds. The van der Waals surface area contributed by atoms with E-state index in [4.69, 9.17) is 9.47 Å². The van der Waals surface area contributed by atoms with E-state index in [1.807, 2.05) is 19.2 Å². The lowest BCUT2D eigenvalue weighted by molar-refractivity contribution is -0.0265. The summed E-state index contributed by atoms with van der Waals surface area (Å²) in [7, 11) is 3.69. The molecule has 0 fully saturated rings. The van der Waals surface area contributed by atoms with Crippen LogP contribution in [0.3, 0.4) is 0 Å². The largest absolute Gasteiger partial charge is 0.497 e. The van der Waals surface area contributed by atoms with Crippen molar-refractivity contribution in [2.45, 2.75) is 38.0 Å². The molecule has 0 heterocycles. The maximum absolute atomic E-state index is 10.4. The number of fused-ring (bicyclic) bond motifs is 1. The highest BCUT2D eigenvalue weighted by atomic mass is 16.5. The highest BCUT2D eigenvalue weighted by molar-refractivity contribution is 5.31. The van der Waals surface area contributed by atoms with E-state index < -0.39 is 6.10 Å². The molecule has 0 saturated carbocycles. The van der Waals surface area contributed by atoms with Gasteiger partial charge in [-0.25, -0.2) is 0 Å². The number of ether oxygens (including phenoxy) is 2. The number of benzene rings is 2. The minimum atomic E-state index is -0.493. The van der Waals surface area contributed by atoms with Crippen molar-refractivity contribution in [1.29, 1.82) is 0 Å². The van der Waals surface area contributed by atoms with Gasteiger partial charge in [0.1, 0.15) is 5.75 Å². The smallest absolute Gasteiger partial charge is 0.118 e. The van der Waals surface area contributed by atoms with Crippen LogP contribution in [0.25, 0.3) is 0 Å². The number of methoxy groups -OCH3 is 1. The van der Waals surface area contributed by atoms with Gasteiger partial charge in [-0.05, 0) is 55.1 Å². The Labute approximate surface area is 156 Å². The lowest BCUT2D eigenvalue weighted by atomic mass is 9.89. The topological polar surface area (TPSA) is 41.9 Å². The molecule has 4 nitrogen and oxygen atoms in total. The molecular weight excluding hydrogens is 326 g/mol. The molecule has 0 saturated heterocycles. The van der Waals surface area contributed by atoms with E-state index >= 15 is 0 Å². The second-order valence-corrected chi connectivity index (χ2v) is 7.11. The van der Waals surface area contributed by atoms with Gasteiger partial charge < -0.3 is 14.6 Å². The Morgan fingerprint density at radius 3 is 2.69 bits per heavy atom. The van der Waals surface area contributed by atoms with Crippen LogP contribution in [-0.2, 0) is 17.7 Å². The first-order valence-corrected chi connectivity index (χ1v) is 9.34. The number of nitrogens with zero attached hydrogens (tertiary/aromatic N) is 1. The van der Waals surface area contributed by atoms with Crippen LogP contribution < -0.4 is 4.74 Å². The maximum atomic E-state index is 10.4. The summed E-state index contributed by atoms with van der Waals surface area (Å²) < 4.78 is 11.2. The third kappa shape index (κ3) is 5.07. The van der Waals surface area contributed by atoms with E-state index in [-0.39, 0.29) is 6.10 Å². The number of rotatable bonds is 8. The quantitative estimate of drug-likeness (QED) is 0.786. The Hall–Kier alpha value is -1.88. The summed E-state index contributed by atoms with van der Waals surface area (Å²) in [5.74, 6) is 0.859. The summed E-state index contributed by atoms with van der Waals surface area (Å²) in [6.07, 6.45) is 2.93. The third-order valence-corrected chi connectivity index (χ3v) is 4.94. The molecule has 0 spiro atoms. The standard InChI is InChI=1S/C22H29NO3/c1-23(14-17-10-12-20(25-2)13-11-17)15-19(24)16-26-22-9-5-7-18-6-3-4-8-21(18)22/h3-4,6,8,10-13,19,22,24H,5,7,9,14-16H2,1-2H3. The summed E-state index contributed by atoms with van der Waals surface area (Å²) in [6, 6.07) is 16.5. The van der Waals surface area contributed by atoms with Crippen LogP contribution in [0.2, 0.25) is 0 Å². The molecule has 3 rings (SSSR count). The highest BCUT2D eigenvalue weighted by Crippen LogP contribution is 2.32. The van der Waals surface area contributed by atoms with E-state index in [0.717, 1.165) is 31.6 Å². The summed E-state index contributed by atoms with van der Waals surface area (Å²) in [4.78, 5) is 2.12. The van der Waals surface area contributed by atoms with Crippen molar-refractivity contribution in [3.05, 3.63) is 65.2 Å². The molecule has 2 atom stereocenters. The second-order valence-electron chi connectivity index (χ2n) is 7.11. The molecule has 0 bridgehead atoms. The first-order chi connectivity index (χ1) is 12.7. The fourth-order valence-electron chi connectivity index (χ4n) is 3.63.